The van der Waals surface area contributed by atoms with Crippen LogP contribution in [-0.4, -0.2) is 24.0 Å². The van der Waals surface area contributed by atoms with Crippen LogP contribution in [0.5, 0.6) is 0 Å². The van der Waals surface area contributed by atoms with Gasteiger partial charge in [-0.25, -0.2) is 8.78 Å². The monoisotopic (exact) mass is 167 g/mol. The summed E-state index contributed by atoms with van der Waals surface area (Å²) in [5.41, 5.74) is 5.19. The van der Waals surface area contributed by atoms with Gasteiger partial charge in [0.05, 0.1) is 0 Å². The molecule has 1 heterocycles. The Morgan fingerprint density at radius 1 is 1.60 bits per heavy atom. The number of halogens is 2. The minimum absolute atomic E-state index is 0.000463. The van der Waals surface area contributed by atoms with Crippen LogP contribution in [0.4, 0.5) is 8.78 Å². The van der Waals surface area contributed by atoms with Gasteiger partial charge in [-0.05, 0) is 5.75 Å². The molecule has 0 aromatic rings. The van der Waals surface area contributed by atoms with Crippen LogP contribution < -0.4 is 5.73 Å². The van der Waals surface area contributed by atoms with Crippen LogP contribution in [0.3, 0.4) is 0 Å². The molecule has 1 nitrogen and oxygen atoms in total. The van der Waals surface area contributed by atoms with Crippen molar-refractivity contribution < 1.29 is 8.78 Å². The Labute approximate surface area is 63.4 Å². The van der Waals surface area contributed by atoms with Gasteiger partial charge in [0, 0.05) is 24.6 Å². The average Bonchev–Trinajstić information content (AvgIpc) is 1.87. The molecule has 1 fully saturated rings. The molecule has 1 aliphatic rings. The van der Waals surface area contributed by atoms with Crippen LogP contribution in [0.15, 0.2) is 0 Å². The molecule has 1 unspecified atom stereocenters. The van der Waals surface area contributed by atoms with Gasteiger partial charge in [-0.2, -0.15) is 11.8 Å². The van der Waals surface area contributed by atoms with Crippen LogP contribution in [0.25, 0.3) is 0 Å². The van der Waals surface area contributed by atoms with Crippen LogP contribution in [-0.2, 0) is 0 Å². The smallest absolute Gasteiger partial charge is 0.253 e. The first kappa shape index (κ1) is 8.27. The van der Waals surface area contributed by atoms with Crippen LogP contribution in [0, 0.1) is 5.92 Å². The van der Waals surface area contributed by atoms with Gasteiger partial charge in [-0.3, -0.25) is 0 Å². The standard InChI is InChI=1S/C6H11F2NS/c7-6(8)1-2-10-4-5(6)3-9/h5H,1-4,9H2. The van der Waals surface area contributed by atoms with Gasteiger partial charge >= 0.3 is 0 Å². The predicted octanol–water partition coefficient (Wildman–Crippen LogP) is 1.33. The van der Waals surface area contributed by atoms with Gasteiger partial charge in [-0.15, -0.1) is 0 Å². The highest BCUT2D eigenvalue weighted by molar-refractivity contribution is 7.99. The third-order valence-corrected chi connectivity index (χ3v) is 2.91. The lowest BCUT2D eigenvalue weighted by Gasteiger charge is -2.29. The molecule has 0 spiro atoms. The first-order chi connectivity index (χ1) is 4.67. The van der Waals surface area contributed by atoms with E-state index in [1.807, 2.05) is 0 Å². The molecule has 60 valence electrons. The van der Waals surface area contributed by atoms with E-state index in [2.05, 4.69) is 0 Å². The van der Waals surface area contributed by atoms with Crippen LogP contribution >= 0.6 is 11.8 Å². The summed E-state index contributed by atoms with van der Waals surface area (Å²) in [5, 5.41) is 0. The summed E-state index contributed by atoms with van der Waals surface area (Å²) in [6, 6.07) is 0. The van der Waals surface area contributed by atoms with E-state index in [9.17, 15) is 8.78 Å². The molecule has 0 bridgehead atoms. The van der Waals surface area contributed by atoms with E-state index >= 15 is 0 Å². The van der Waals surface area contributed by atoms with Crippen LogP contribution in [0.1, 0.15) is 6.42 Å². The normalized spacial score (nSPS) is 32.1. The van der Waals surface area contributed by atoms with Crippen molar-refractivity contribution in [1.82, 2.24) is 0 Å². The predicted molar refractivity (Wildman–Crippen MR) is 39.4 cm³/mol. The molecule has 0 aromatic carbocycles. The molecule has 1 atom stereocenters. The zero-order valence-electron chi connectivity index (χ0n) is 5.65. The number of nitrogens with two attached hydrogens (primary N) is 1. The summed E-state index contributed by atoms with van der Waals surface area (Å²) >= 11 is 1.57. The topological polar surface area (TPSA) is 26.0 Å². The lowest BCUT2D eigenvalue weighted by atomic mass is 10.0. The molecule has 1 aliphatic heterocycles. The Hall–Kier alpha value is 0.170. The Morgan fingerprint density at radius 3 is 2.70 bits per heavy atom. The number of alkyl halides is 2. The van der Waals surface area contributed by atoms with E-state index < -0.39 is 11.8 Å². The Balaban J connectivity index is 2.51. The molecule has 4 heteroatoms. The van der Waals surface area contributed by atoms with Crippen molar-refractivity contribution in [3.05, 3.63) is 0 Å². The first-order valence-electron chi connectivity index (χ1n) is 3.32. The van der Waals surface area contributed by atoms with E-state index in [1.54, 1.807) is 11.8 Å². The molecule has 1 saturated heterocycles. The highest BCUT2D eigenvalue weighted by atomic mass is 32.2. The zero-order chi connectivity index (χ0) is 7.61. The van der Waals surface area contributed by atoms with Gasteiger partial charge in [0.1, 0.15) is 0 Å². The molecule has 0 aliphatic carbocycles. The van der Waals surface area contributed by atoms with E-state index in [-0.39, 0.29) is 13.0 Å². The second-order valence-corrected chi connectivity index (χ2v) is 3.67. The lowest BCUT2D eigenvalue weighted by Crippen LogP contribution is -2.39. The van der Waals surface area contributed by atoms with Gasteiger partial charge < -0.3 is 5.73 Å². The van der Waals surface area contributed by atoms with E-state index in [1.165, 1.54) is 0 Å². The molecule has 10 heavy (non-hydrogen) atoms. The molecule has 0 amide bonds. The second-order valence-electron chi connectivity index (χ2n) is 2.52. The summed E-state index contributed by atoms with van der Waals surface area (Å²) in [4.78, 5) is 0. The van der Waals surface area contributed by atoms with Crippen molar-refractivity contribution in [2.45, 2.75) is 12.3 Å². The van der Waals surface area contributed by atoms with Crippen molar-refractivity contribution >= 4 is 11.8 Å². The summed E-state index contributed by atoms with van der Waals surface area (Å²) in [7, 11) is 0. The lowest BCUT2D eigenvalue weighted by molar-refractivity contribution is -0.0511. The quantitative estimate of drug-likeness (QED) is 0.637. The largest absolute Gasteiger partial charge is 0.330 e. The minimum Gasteiger partial charge on any atom is -0.330 e. The van der Waals surface area contributed by atoms with Gasteiger partial charge in [0.15, 0.2) is 0 Å². The molecule has 0 radical (unpaired) electrons. The molecule has 0 saturated carbocycles. The van der Waals surface area contributed by atoms with Gasteiger partial charge in [-0.1, -0.05) is 0 Å². The highest BCUT2D eigenvalue weighted by Crippen LogP contribution is 2.36. The first-order valence-corrected chi connectivity index (χ1v) is 4.48. The van der Waals surface area contributed by atoms with Crippen molar-refractivity contribution in [2.75, 3.05) is 18.1 Å². The van der Waals surface area contributed by atoms with Gasteiger partial charge in [0.2, 0.25) is 0 Å². The Bertz CT molecular complexity index is 118. The fourth-order valence-electron chi connectivity index (χ4n) is 1.00. The van der Waals surface area contributed by atoms with E-state index in [4.69, 9.17) is 5.73 Å². The van der Waals surface area contributed by atoms with E-state index in [0.29, 0.717) is 11.5 Å². The van der Waals surface area contributed by atoms with E-state index in [0.717, 1.165) is 0 Å². The van der Waals surface area contributed by atoms with Crippen molar-refractivity contribution in [1.29, 1.82) is 0 Å². The highest BCUT2D eigenvalue weighted by Gasteiger charge is 2.40. The maximum atomic E-state index is 12.8. The molecular formula is C6H11F2NS. The summed E-state index contributed by atoms with van der Waals surface area (Å²) in [6.45, 7) is 0.111. The molecule has 2 N–H and O–H groups in total. The molecule has 0 aromatic heterocycles. The summed E-state index contributed by atoms with van der Waals surface area (Å²) < 4.78 is 25.6. The van der Waals surface area contributed by atoms with Crippen molar-refractivity contribution in [3.63, 3.8) is 0 Å². The molecular weight excluding hydrogens is 156 g/mol. The maximum Gasteiger partial charge on any atom is 0.253 e. The van der Waals surface area contributed by atoms with Crippen molar-refractivity contribution in [2.24, 2.45) is 11.7 Å². The SMILES string of the molecule is NCC1CSCCC1(F)F. The third kappa shape index (κ3) is 1.61. The second kappa shape index (κ2) is 3.05. The summed E-state index contributed by atoms with van der Waals surface area (Å²) in [6.07, 6.45) is -0.000463. The third-order valence-electron chi connectivity index (χ3n) is 1.78. The minimum atomic E-state index is -2.50. The number of rotatable bonds is 1. The number of thioether (sulfide) groups is 1. The number of hydrogen-bond acceptors (Lipinski definition) is 2. The Morgan fingerprint density at radius 2 is 2.30 bits per heavy atom. The number of hydrogen-bond donors (Lipinski definition) is 1. The van der Waals surface area contributed by atoms with Crippen molar-refractivity contribution in [3.8, 4) is 0 Å². The fourth-order valence-corrected chi connectivity index (χ4v) is 2.25. The van der Waals surface area contributed by atoms with Crippen LogP contribution in [0.2, 0.25) is 0 Å². The maximum absolute atomic E-state index is 12.8. The van der Waals surface area contributed by atoms with Gasteiger partial charge in [0.25, 0.3) is 5.92 Å². The summed E-state index contributed by atoms with van der Waals surface area (Å²) in [5.74, 6) is -2.00. The fraction of sp³-hybridized carbons (Fsp3) is 1.00. The molecule has 1 rings (SSSR count). The zero-order valence-corrected chi connectivity index (χ0v) is 6.46. The Kier molecular flexibility index (Phi) is 2.52. The average molecular weight is 167 g/mol.